The van der Waals surface area contributed by atoms with Crippen LogP contribution in [0.1, 0.15) is 18.1 Å². The van der Waals surface area contributed by atoms with Gasteiger partial charge in [0.2, 0.25) is 5.91 Å². The van der Waals surface area contributed by atoms with Crippen LogP contribution in [0.25, 0.3) is 0 Å². The number of carbonyl (C=O) groups excluding carboxylic acids is 2. The number of rotatable bonds is 5. The molecule has 1 heterocycles. The number of benzene rings is 2. The van der Waals surface area contributed by atoms with Gasteiger partial charge >= 0.3 is 0 Å². The Balaban J connectivity index is 1.53. The first-order chi connectivity index (χ1) is 12.0. The highest BCUT2D eigenvalue weighted by molar-refractivity contribution is 7.99. The first-order valence-electron chi connectivity index (χ1n) is 8.06. The summed E-state index contributed by atoms with van der Waals surface area (Å²) in [5.41, 5.74) is 3.64. The summed E-state index contributed by atoms with van der Waals surface area (Å²) < 4.78 is 5.50. The number of hydrogen-bond acceptors (Lipinski definition) is 4. The van der Waals surface area contributed by atoms with E-state index in [4.69, 9.17) is 4.74 Å². The molecular weight excluding hydrogens is 336 g/mol. The van der Waals surface area contributed by atoms with E-state index in [9.17, 15) is 9.59 Å². The third kappa shape index (κ3) is 4.54. The number of thioether (sulfide) groups is 1. The Morgan fingerprint density at radius 2 is 2.12 bits per heavy atom. The molecule has 5 nitrogen and oxygen atoms in total. The SMILES string of the molecule is Cc1cccc(CSCC(=O)Nc2ccc3c(c2)NC(=O)C(C)O3)c1. The molecule has 25 heavy (non-hydrogen) atoms. The van der Waals surface area contributed by atoms with Crippen molar-refractivity contribution >= 4 is 35.0 Å². The minimum Gasteiger partial charge on any atom is -0.479 e. The van der Waals surface area contributed by atoms with Gasteiger partial charge in [-0.2, -0.15) is 0 Å². The Kier molecular flexibility index (Phi) is 5.28. The number of hydrogen-bond donors (Lipinski definition) is 2. The Morgan fingerprint density at radius 3 is 2.92 bits per heavy atom. The van der Waals surface area contributed by atoms with Crippen molar-refractivity contribution in [1.82, 2.24) is 0 Å². The molecule has 0 aliphatic carbocycles. The molecule has 0 aromatic heterocycles. The van der Waals surface area contributed by atoms with Crippen molar-refractivity contribution in [2.24, 2.45) is 0 Å². The van der Waals surface area contributed by atoms with Gasteiger partial charge in [0.1, 0.15) is 5.75 Å². The summed E-state index contributed by atoms with van der Waals surface area (Å²) in [5, 5.41) is 5.62. The van der Waals surface area contributed by atoms with Crippen LogP contribution < -0.4 is 15.4 Å². The van der Waals surface area contributed by atoms with Gasteiger partial charge in [-0.3, -0.25) is 9.59 Å². The highest BCUT2D eigenvalue weighted by Gasteiger charge is 2.23. The van der Waals surface area contributed by atoms with Gasteiger partial charge in [0.25, 0.3) is 5.91 Å². The molecule has 6 heteroatoms. The van der Waals surface area contributed by atoms with Crippen molar-refractivity contribution in [3.8, 4) is 5.75 Å². The minimum atomic E-state index is -0.508. The van der Waals surface area contributed by atoms with Crippen LogP contribution in [0.2, 0.25) is 0 Å². The number of fused-ring (bicyclic) bond motifs is 1. The van der Waals surface area contributed by atoms with Crippen molar-refractivity contribution < 1.29 is 14.3 Å². The molecule has 1 atom stereocenters. The van der Waals surface area contributed by atoms with Crippen LogP contribution in [-0.2, 0) is 15.3 Å². The number of carbonyl (C=O) groups is 2. The Hall–Kier alpha value is -2.47. The topological polar surface area (TPSA) is 67.4 Å². The molecule has 130 valence electrons. The summed E-state index contributed by atoms with van der Waals surface area (Å²) in [4.78, 5) is 23.8. The van der Waals surface area contributed by atoms with Crippen molar-refractivity contribution in [3.63, 3.8) is 0 Å². The molecule has 1 aliphatic rings. The van der Waals surface area contributed by atoms with E-state index in [0.29, 0.717) is 22.9 Å². The fraction of sp³-hybridized carbons (Fsp3) is 0.263. The molecule has 0 spiro atoms. The molecule has 2 N–H and O–H groups in total. The van der Waals surface area contributed by atoms with Crippen LogP contribution in [0.3, 0.4) is 0 Å². The van der Waals surface area contributed by atoms with Gasteiger partial charge in [0.05, 0.1) is 11.4 Å². The molecule has 2 amide bonds. The zero-order chi connectivity index (χ0) is 17.8. The number of amides is 2. The second-order valence-corrected chi connectivity index (χ2v) is 6.98. The maximum Gasteiger partial charge on any atom is 0.265 e. The average molecular weight is 356 g/mol. The largest absolute Gasteiger partial charge is 0.479 e. The zero-order valence-electron chi connectivity index (χ0n) is 14.2. The van der Waals surface area contributed by atoms with Gasteiger partial charge in [-0.05, 0) is 37.6 Å². The van der Waals surface area contributed by atoms with Gasteiger partial charge in [-0.1, -0.05) is 29.8 Å². The Labute approximate surface area is 151 Å². The van der Waals surface area contributed by atoms with E-state index in [1.165, 1.54) is 11.1 Å². The van der Waals surface area contributed by atoms with Crippen molar-refractivity contribution in [2.45, 2.75) is 25.7 Å². The average Bonchev–Trinajstić information content (AvgIpc) is 2.56. The lowest BCUT2D eigenvalue weighted by Crippen LogP contribution is -2.34. The first kappa shape index (κ1) is 17.4. The van der Waals surface area contributed by atoms with E-state index in [1.807, 2.05) is 6.07 Å². The van der Waals surface area contributed by atoms with Crippen LogP contribution in [0.5, 0.6) is 5.75 Å². The van der Waals surface area contributed by atoms with E-state index >= 15 is 0 Å². The van der Waals surface area contributed by atoms with Gasteiger partial charge in [0.15, 0.2) is 6.10 Å². The predicted octanol–water partition coefficient (Wildman–Crippen LogP) is 3.59. The van der Waals surface area contributed by atoms with Gasteiger partial charge in [-0.15, -0.1) is 11.8 Å². The van der Waals surface area contributed by atoms with Crippen molar-refractivity contribution in [2.75, 3.05) is 16.4 Å². The Morgan fingerprint density at radius 1 is 1.28 bits per heavy atom. The van der Waals surface area contributed by atoms with Crippen LogP contribution in [0.4, 0.5) is 11.4 Å². The van der Waals surface area contributed by atoms with Crippen LogP contribution in [0.15, 0.2) is 42.5 Å². The zero-order valence-corrected chi connectivity index (χ0v) is 15.0. The summed E-state index contributed by atoms with van der Waals surface area (Å²) in [6.45, 7) is 3.75. The lowest BCUT2D eigenvalue weighted by atomic mass is 10.2. The van der Waals surface area contributed by atoms with E-state index in [1.54, 1.807) is 36.9 Å². The number of nitrogens with one attached hydrogen (secondary N) is 2. The standard InChI is InChI=1S/C19H20N2O3S/c1-12-4-3-5-14(8-12)10-25-11-18(22)20-15-6-7-17-16(9-15)21-19(23)13(2)24-17/h3-9,13H,10-11H2,1-2H3,(H,20,22)(H,21,23). The number of aryl methyl sites for hydroxylation is 1. The van der Waals surface area contributed by atoms with Crippen LogP contribution in [-0.4, -0.2) is 23.7 Å². The van der Waals surface area contributed by atoms with Gasteiger partial charge < -0.3 is 15.4 Å². The molecule has 2 aromatic carbocycles. The van der Waals surface area contributed by atoms with Gasteiger partial charge in [-0.25, -0.2) is 0 Å². The second kappa shape index (κ2) is 7.61. The summed E-state index contributed by atoms with van der Waals surface area (Å²) in [6, 6.07) is 13.5. The molecule has 2 aromatic rings. The monoisotopic (exact) mass is 356 g/mol. The highest BCUT2D eigenvalue weighted by atomic mass is 32.2. The fourth-order valence-electron chi connectivity index (χ4n) is 2.55. The maximum absolute atomic E-state index is 12.1. The van der Waals surface area contributed by atoms with Crippen LogP contribution >= 0.6 is 11.8 Å². The number of ether oxygens (including phenoxy) is 1. The summed E-state index contributed by atoms with van der Waals surface area (Å²) in [5.74, 6) is 1.50. The highest BCUT2D eigenvalue weighted by Crippen LogP contribution is 2.32. The molecule has 0 bridgehead atoms. The summed E-state index contributed by atoms with van der Waals surface area (Å²) in [6.07, 6.45) is -0.508. The lowest BCUT2D eigenvalue weighted by Gasteiger charge is -2.23. The lowest BCUT2D eigenvalue weighted by molar-refractivity contribution is -0.122. The quantitative estimate of drug-likeness (QED) is 0.859. The third-order valence-electron chi connectivity index (χ3n) is 3.78. The third-order valence-corrected chi connectivity index (χ3v) is 4.78. The molecule has 3 rings (SSSR count). The minimum absolute atomic E-state index is 0.0750. The van der Waals surface area contributed by atoms with Crippen LogP contribution in [0, 0.1) is 6.92 Å². The Bertz CT molecular complexity index is 807. The predicted molar refractivity (Wildman–Crippen MR) is 101 cm³/mol. The molecule has 1 unspecified atom stereocenters. The number of anilines is 2. The maximum atomic E-state index is 12.1. The molecule has 0 radical (unpaired) electrons. The molecule has 0 saturated heterocycles. The normalized spacial score (nSPS) is 15.8. The fourth-order valence-corrected chi connectivity index (χ4v) is 3.32. The van der Waals surface area contributed by atoms with Gasteiger partial charge in [0, 0.05) is 11.4 Å². The van der Waals surface area contributed by atoms with E-state index in [0.717, 1.165) is 5.75 Å². The van der Waals surface area contributed by atoms with Crippen molar-refractivity contribution in [1.29, 1.82) is 0 Å². The van der Waals surface area contributed by atoms with E-state index < -0.39 is 6.10 Å². The molecular formula is C19H20N2O3S. The smallest absolute Gasteiger partial charge is 0.265 e. The second-order valence-electron chi connectivity index (χ2n) is 5.99. The molecule has 1 aliphatic heterocycles. The summed E-state index contributed by atoms with van der Waals surface area (Å²) in [7, 11) is 0. The molecule has 0 fully saturated rings. The summed E-state index contributed by atoms with van der Waals surface area (Å²) >= 11 is 1.57. The first-order valence-corrected chi connectivity index (χ1v) is 9.21. The van der Waals surface area contributed by atoms with E-state index in [-0.39, 0.29) is 11.8 Å². The van der Waals surface area contributed by atoms with Crippen molar-refractivity contribution in [3.05, 3.63) is 53.6 Å². The van der Waals surface area contributed by atoms with E-state index in [2.05, 4.69) is 35.8 Å². The molecule has 0 saturated carbocycles.